The van der Waals surface area contributed by atoms with E-state index < -0.39 is 0 Å². The van der Waals surface area contributed by atoms with Crippen molar-refractivity contribution >= 4 is 23.1 Å². The molecule has 3 aromatic rings. The topological polar surface area (TPSA) is 60.5 Å². The van der Waals surface area contributed by atoms with Crippen LogP contribution in [0, 0.1) is 13.8 Å². The molecule has 1 aliphatic heterocycles. The van der Waals surface area contributed by atoms with Crippen molar-refractivity contribution in [2.45, 2.75) is 13.8 Å². The van der Waals surface area contributed by atoms with Gasteiger partial charge in [-0.3, -0.25) is 4.79 Å². The zero-order valence-electron chi connectivity index (χ0n) is 14.5. The average Bonchev–Trinajstić information content (AvgIpc) is 3.00. The molecule has 3 heterocycles. The normalized spacial score (nSPS) is 12.7. The predicted molar refractivity (Wildman–Crippen MR) is 102 cm³/mol. The number of carbonyl (C=O) groups is 1. The lowest BCUT2D eigenvalue weighted by atomic mass is 10.1. The lowest BCUT2D eigenvalue weighted by Crippen LogP contribution is -2.15. The highest BCUT2D eigenvalue weighted by Gasteiger charge is 2.15. The molecule has 1 aromatic carbocycles. The van der Waals surface area contributed by atoms with Crippen LogP contribution in [0.2, 0.25) is 0 Å². The highest BCUT2D eigenvalue weighted by molar-refractivity contribution is 7.12. The van der Waals surface area contributed by atoms with E-state index in [0.29, 0.717) is 24.6 Å². The molecule has 0 radical (unpaired) electrons. The van der Waals surface area contributed by atoms with Crippen LogP contribution in [0.1, 0.15) is 20.1 Å². The van der Waals surface area contributed by atoms with E-state index in [9.17, 15) is 4.79 Å². The van der Waals surface area contributed by atoms with Gasteiger partial charge in [-0.1, -0.05) is 6.07 Å². The summed E-state index contributed by atoms with van der Waals surface area (Å²) in [5, 5.41) is 2.89. The van der Waals surface area contributed by atoms with E-state index >= 15 is 0 Å². The number of nitrogens with zero attached hydrogens (tertiary/aromatic N) is 1. The summed E-state index contributed by atoms with van der Waals surface area (Å²) in [5.74, 6) is 1.84. The minimum Gasteiger partial charge on any atom is -0.486 e. The fourth-order valence-electron chi connectivity index (χ4n) is 2.91. The lowest BCUT2D eigenvalue weighted by Gasteiger charge is -2.18. The van der Waals surface area contributed by atoms with Crippen molar-refractivity contribution < 1.29 is 14.3 Å². The highest BCUT2D eigenvalue weighted by Crippen LogP contribution is 2.34. The molecule has 0 aliphatic carbocycles. The first-order valence-corrected chi connectivity index (χ1v) is 9.17. The van der Waals surface area contributed by atoms with Crippen molar-refractivity contribution in [3.8, 4) is 22.8 Å². The van der Waals surface area contributed by atoms with Crippen LogP contribution in [0.3, 0.4) is 0 Å². The fourth-order valence-corrected chi connectivity index (χ4v) is 3.83. The number of thiophene rings is 1. The third-order valence-electron chi connectivity index (χ3n) is 4.11. The summed E-state index contributed by atoms with van der Waals surface area (Å²) in [6.07, 6.45) is 0. The van der Waals surface area contributed by atoms with E-state index in [0.717, 1.165) is 32.5 Å². The molecule has 1 amide bonds. The van der Waals surface area contributed by atoms with Gasteiger partial charge in [0.05, 0.1) is 11.3 Å². The maximum absolute atomic E-state index is 12.5. The Morgan fingerprint density at radius 1 is 1.08 bits per heavy atom. The molecule has 0 saturated carbocycles. The van der Waals surface area contributed by atoms with Gasteiger partial charge >= 0.3 is 0 Å². The molecular weight excluding hydrogens is 348 g/mol. The number of pyridine rings is 1. The molecule has 132 valence electrons. The van der Waals surface area contributed by atoms with Gasteiger partial charge in [-0.2, -0.15) is 0 Å². The minimum atomic E-state index is -0.140. The zero-order chi connectivity index (χ0) is 18.1. The average molecular weight is 366 g/mol. The van der Waals surface area contributed by atoms with E-state index in [1.54, 1.807) is 17.4 Å². The Kier molecular flexibility index (Phi) is 4.34. The predicted octanol–water partition coefficient (Wildman–Crippen LogP) is 4.45. The number of hydrogen-bond acceptors (Lipinski definition) is 5. The Labute approximate surface area is 155 Å². The van der Waals surface area contributed by atoms with Gasteiger partial charge in [0.1, 0.15) is 19.0 Å². The van der Waals surface area contributed by atoms with E-state index in [2.05, 4.69) is 10.3 Å². The number of ether oxygens (including phenoxy) is 2. The van der Waals surface area contributed by atoms with Crippen molar-refractivity contribution in [3.63, 3.8) is 0 Å². The third-order valence-corrected chi connectivity index (χ3v) is 5.08. The summed E-state index contributed by atoms with van der Waals surface area (Å²) in [7, 11) is 0. The molecule has 2 aromatic heterocycles. The maximum atomic E-state index is 12.5. The van der Waals surface area contributed by atoms with Crippen molar-refractivity contribution in [3.05, 3.63) is 57.8 Å². The first kappa shape index (κ1) is 16.6. The molecule has 1 aliphatic rings. The van der Waals surface area contributed by atoms with Crippen molar-refractivity contribution in [2.75, 3.05) is 18.5 Å². The smallest absolute Gasteiger partial charge is 0.257 e. The highest BCUT2D eigenvalue weighted by atomic mass is 32.1. The monoisotopic (exact) mass is 366 g/mol. The van der Waals surface area contributed by atoms with Gasteiger partial charge in [0.15, 0.2) is 11.5 Å². The summed E-state index contributed by atoms with van der Waals surface area (Å²) in [4.78, 5) is 19.2. The number of rotatable bonds is 3. The Morgan fingerprint density at radius 3 is 2.65 bits per heavy atom. The Morgan fingerprint density at radius 2 is 1.88 bits per heavy atom. The summed E-state index contributed by atoms with van der Waals surface area (Å²) in [6, 6.07) is 13.2. The number of amides is 1. The van der Waals surface area contributed by atoms with Gasteiger partial charge < -0.3 is 14.8 Å². The third kappa shape index (κ3) is 3.28. The van der Waals surface area contributed by atoms with E-state index in [4.69, 9.17) is 9.47 Å². The second-order valence-corrected chi connectivity index (χ2v) is 7.51. The number of fused-ring (bicyclic) bond motifs is 1. The lowest BCUT2D eigenvalue weighted by molar-refractivity contribution is 0.102. The Bertz CT molecular complexity index is 981. The van der Waals surface area contributed by atoms with Crippen LogP contribution in [0.15, 0.2) is 42.5 Å². The quantitative estimate of drug-likeness (QED) is 0.744. The minimum absolute atomic E-state index is 0.140. The SMILES string of the molecule is Cc1cc(C(=O)Nc2cccc(-c3ccc4c(c3)OCCO4)n2)c(C)s1. The molecule has 0 saturated heterocycles. The molecule has 0 bridgehead atoms. The molecular formula is C20H18N2O3S. The molecule has 1 N–H and O–H groups in total. The van der Waals surface area contributed by atoms with E-state index in [1.807, 2.05) is 50.2 Å². The number of anilines is 1. The molecule has 4 rings (SSSR count). The number of aryl methyl sites for hydroxylation is 2. The van der Waals surface area contributed by atoms with E-state index in [1.165, 1.54) is 0 Å². The van der Waals surface area contributed by atoms with Crippen LogP contribution in [0.25, 0.3) is 11.3 Å². The summed E-state index contributed by atoms with van der Waals surface area (Å²) < 4.78 is 11.2. The number of carbonyl (C=O) groups excluding carboxylic acids is 1. The number of hydrogen-bond donors (Lipinski definition) is 1. The number of benzene rings is 1. The standard InChI is InChI=1S/C20H18N2O3S/c1-12-10-15(13(2)26-12)20(23)22-19-5-3-4-16(21-19)14-6-7-17-18(11-14)25-9-8-24-17/h3-7,10-11H,8-9H2,1-2H3,(H,21,22,23). The first-order chi connectivity index (χ1) is 12.6. The van der Waals surface area contributed by atoms with Gasteiger partial charge in [-0.05, 0) is 50.2 Å². The van der Waals surface area contributed by atoms with Crippen LogP contribution < -0.4 is 14.8 Å². The van der Waals surface area contributed by atoms with Gasteiger partial charge in [-0.25, -0.2) is 4.98 Å². The Balaban J connectivity index is 1.59. The van der Waals surface area contributed by atoms with Gasteiger partial charge in [0.25, 0.3) is 5.91 Å². The van der Waals surface area contributed by atoms with Crippen molar-refractivity contribution in [2.24, 2.45) is 0 Å². The largest absolute Gasteiger partial charge is 0.486 e. The Hall–Kier alpha value is -2.86. The van der Waals surface area contributed by atoms with Crippen LogP contribution in [-0.4, -0.2) is 24.1 Å². The van der Waals surface area contributed by atoms with Crippen LogP contribution in [0.5, 0.6) is 11.5 Å². The second-order valence-electron chi connectivity index (χ2n) is 6.05. The molecule has 5 nitrogen and oxygen atoms in total. The van der Waals surface area contributed by atoms with Gasteiger partial charge in [0.2, 0.25) is 0 Å². The molecule has 0 atom stereocenters. The fraction of sp³-hybridized carbons (Fsp3) is 0.200. The molecule has 6 heteroatoms. The van der Waals surface area contributed by atoms with Crippen molar-refractivity contribution in [1.29, 1.82) is 0 Å². The van der Waals surface area contributed by atoms with Crippen LogP contribution >= 0.6 is 11.3 Å². The zero-order valence-corrected chi connectivity index (χ0v) is 15.4. The summed E-state index contributed by atoms with van der Waals surface area (Å²) in [6.45, 7) is 5.05. The first-order valence-electron chi connectivity index (χ1n) is 8.35. The molecule has 0 spiro atoms. The second kappa shape index (κ2) is 6.80. The van der Waals surface area contributed by atoms with Crippen molar-refractivity contribution in [1.82, 2.24) is 4.98 Å². The number of nitrogens with one attached hydrogen (secondary N) is 1. The maximum Gasteiger partial charge on any atom is 0.257 e. The molecule has 0 unspecified atom stereocenters. The molecule has 0 fully saturated rings. The van der Waals surface area contributed by atoms with E-state index in [-0.39, 0.29) is 5.91 Å². The molecule has 26 heavy (non-hydrogen) atoms. The van der Waals surface area contributed by atoms with Gasteiger partial charge in [-0.15, -0.1) is 11.3 Å². The number of aromatic nitrogens is 1. The van der Waals surface area contributed by atoms with Crippen LogP contribution in [0.4, 0.5) is 5.82 Å². The van der Waals surface area contributed by atoms with Crippen LogP contribution in [-0.2, 0) is 0 Å². The summed E-state index contributed by atoms with van der Waals surface area (Å²) >= 11 is 1.61. The summed E-state index contributed by atoms with van der Waals surface area (Å²) in [5.41, 5.74) is 2.37. The van der Waals surface area contributed by atoms with Gasteiger partial charge in [0, 0.05) is 15.3 Å².